The third kappa shape index (κ3) is 3.41. The van der Waals surface area contributed by atoms with E-state index >= 15 is 0 Å². The van der Waals surface area contributed by atoms with E-state index in [4.69, 9.17) is 11.6 Å². The van der Waals surface area contributed by atoms with Gasteiger partial charge in [0.1, 0.15) is 5.25 Å². The van der Waals surface area contributed by atoms with Gasteiger partial charge in [-0.1, -0.05) is 36.9 Å². The Kier molecular flexibility index (Phi) is 5.39. The molecular formula is C13H15ClN2O4S2. The van der Waals surface area contributed by atoms with E-state index in [1.165, 1.54) is 12.2 Å². The van der Waals surface area contributed by atoms with Gasteiger partial charge in [-0.05, 0) is 25.0 Å². The van der Waals surface area contributed by atoms with Crippen LogP contribution in [0.3, 0.4) is 0 Å². The first-order chi connectivity index (χ1) is 10.4. The smallest absolute Gasteiger partial charge is 0.360 e. The van der Waals surface area contributed by atoms with Gasteiger partial charge in [0.25, 0.3) is 9.84 Å². The Hall–Kier alpha value is -1.21. The molecule has 2 aliphatic rings. The highest BCUT2D eigenvalue weighted by Gasteiger charge is 2.44. The maximum absolute atomic E-state index is 12.7. The second kappa shape index (κ2) is 6.91. The van der Waals surface area contributed by atoms with Crippen LogP contribution in [0.5, 0.6) is 0 Å². The summed E-state index contributed by atoms with van der Waals surface area (Å²) < 4.78 is 48.1. The van der Waals surface area contributed by atoms with E-state index < -0.39 is 25.4 Å². The predicted molar refractivity (Wildman–Crippen MR) is 84.9 cm³/mol. The first-order valence-corrected chi connectivity index (χ1v) is 9.85. The molecule has 1 saturated carbocycles. The molecule has 22 heavy (non-hydrogen) atoms. The summed E-state index contributed by atoms with van der Waals surface area (Å²) in [7, 11) is -6.85. The summed E-state index contributed by atoms with van der Waals surface area (Å²) in [5.41, 5.74) is 9.20. The van der Waals surface area contributed by atoms with Crippen LogP contribution in [0.15, 0.2) is 23.3 Å². The lowest BCUT2D eigenvalue weighted by Crippen LogP contribution is -2.39. The Bertz CT molecular complexity index is 804. The van der Waals surface area contributed by atoms with Gasteiger partial charge in [0.2, 0.25) is 10.3 Å². The maximum Gasteiger partial charge on any atom is 0.385 e. The highest BCUT2D eigenvalue weighted by molar-refractivity contribution is 8.08. The largest absolute Gasteiger partial charge is 0.385 e. The Morgan fingerprint density at radius 1 is 1.27 bits per heavy atom. The molecule has 0 radical (unpaired) electrons. The minimum atomic E-state index is -4.11. The maximum atomic E-state index is 12.7. The van der Waals surface area contributed by atoms with Gasteiger partial charge in [0, 0.05) is 5.03 Å². The third-order valence-corrected chi connectivity index (χ3v) is 7.08. The number of nitrogens with zero attached hydrogens (tertiary/aromatic N) is 2. The van der Waals surface area contributed by atoms with Crippen LogP contribution < -0.4 is 0 Å². The molecule has 6 nitrogen and oxygen atoms in total. The summed E-state index contributed by atoms with van der Waals surface area (Å²) in [6.07, 6.45) is 7.59. The summed E-state index contributed by atoms with van der Waals surface area (Å²) >= 11 is 5.74. The number of sulfone groups is 1. The molecule has 0 aromatic heterocycles. The van der Waals surface area contributed by atoms with Gasteiger partial charge < -0.3 is 5.53 Å². The van der Waals surface area contributed by atoms with Crippen LogP contribution in [0.4, 0.5) is 0 Å². The molecule has 0 saturated heterocycles. The van der Waals surface area contributed by atoms with Crippen molar-refractivity contribution in [2.45, 2.75) is 37.4 Å². The Labute approximate surface area is 135 Å². The SMILES string of the molecule is [N-]=[N+]=C(C1CCCCC1)S(=O)(=O)C1C=CC(Cl)=CC1=S(=O)=O. The highest BCUT2D eigenvalue weighted by Crippen LogP contribution is 2.28. The Balaban J connectivity index is 2.47. The fourth-order valence-electron chi connectivity index (χ4n) is 2.79. The van der Waals surface area contributed by atoms with Crippen molar-refractivity contribution in [2.24, 2.45) is 5.92 Å². The van der Waals surface area contributed by atoms with Crippen molar-refractivity contribution < 1.29 is 21.6 Å². The van der Waals surface area contributed by atoms with Crippen molar-refractivity contribution in [3.05, 3.63) is 28.8 Å². The van der Waals surface area contributed by atoms with Crippen molar-refractivity contribution in [1.82, 2.24) is 0 Å². The van der Waals surface area contributed by atoms with Gasteiger partial charge in [0.15, 0.2) is 0 Å². The molecular weight excluding hydrogens is 348 g/mol. The van der Waals surface area contributed by atoms with E-state index in [1.54, 1.807) is 0 Å². The normalized spacial score (nSPS) is 22.9. The van der Waals surface area contributed by atoms with E-state index in [2.05, 4.69) is 4.79 Å². The van der Waals surface area contributed by atoms with Gasteiger partial charge in [-0.15, -0.1) is 0 Å². The number of allylic oxidation sites excluding steroid dienone is 3. The number of hydrogen-bond acceptors (Lipinski definition) is 4. The molecule has 2 rings (SSSR count). The van der Waals surface area contributed by atoms with E-state index in [0.29, 0.717) is 12.8 Å². The number of rotatable bonds is 2. The zero-order valence-corrected chi connectivity index (χ0v) is 14.0. The average Bonchev–Trinajstić information content (AvgIpc) is 2.48. The molecule has 0 N–H and O–H groups in total. The first-order valence-electron chi connectivity index (χ1n) is 6.85. The third-order valence-electron chi connectivity index (χ3n) is 3.86. The topological polar surface area (TPSA) is 105 Å². The van der Waals surface area contributed by atoms with E-state index in [-0.39, 0.29) is 20.9 Å². The quantitative estimate of drug-likeness (QED) is 0.245. The Morgan fingerprint density at radius 2 is 1.91 bits per heavy atom. The second-order valence-corrected chi connectivity index (χ2v) is 8.66. The summed E-state index contributed by atoms with van der Waals surface area (Å²) in [5, 5.41) is -1.61. The van der Waals surface area contributed by atoms with Gasteiger partial charge >= 0.3 is 5.04 Å². The van der Waals surface area contributed by atoms with Crippen LogP contribution in [0.2, 0.25) is 0 Å². The summed E-state index contributed by atoms with van der Waals surface area (Å²) in [6.45, 7) is 0. The van der Waals surface area contributed by atoms with Crippen LogP contribution in [0.25, 0.3) is 5.53 Å². The van der Waals surface area contributed by atoms with Crippen LogP contribution >= 0.6 is 11.6 Å². The lowest BCUT2D eigenvalue weighted by Gasteiger charge is -2.20. The van der Waals surface area contributed by atoms with Crippen molar-refractivity contribution in [3.8, 4) is 0 Å². The minimum Gasteiger partial charge on any atom is -0.360 e. The summed E-state index contributed by atoms with van der Waals surface area (Å²) in [5.74, 6) is -0.375. The van der Waals surface area contributed by atoms with Crippen molar-refractivity contribution in [1.29, 1.82) is 0 Å². The van der Waals surface area contributed by atoms with E-state index in [1.807, 2.05) is 0 Å². The van der Waals surface area contributed by atoms with Gasteiger partial charge in [-0.3, -0.25) is 0 Å². The van der Waals surface area contributed by atoms with Gasteiger partial charge in [-0.2, -0.15) is 13.2 Å². The van der Waals surface area contributed by atoms with Gasteiger partial charge in [0.05, 0.1) is 10.8 Å². The molecule has 0 aromatic rings. The van der Waals surface area contributed by atoms with E-state index in [9.17, 15) is 22.4 Å². The molecule has 0 spiro atoms. The second-order valence-electron chi connectivity index (χ2n) is 5.26. The molecule has 0 bridgehead atoms. The molecule has 2 aliphatic carbocycles. The van der Waals surface area contributed by atoms with Crippen LogP contribution in [-0.4, -0.2) is 36.8 Å². The molecule has 0 amide bonds. The summed E-state index contributed by atoms with van der Waals surface area (Å²) in [4.78, 5) is 2.66. The first kappa shape index (κ1) is 17.1. The fraction of sp³-hybridized carbons (Fsp3) is 0.538. The van der Waals surface area contributed by atoms with Crippen LogP contribution in [0.1, 0.15) is 32.1 Å². The minimum absolute atomic E-state index is 0.130. The lowest BCUT2D eigenvalue weighted by molar-refractivity contribution is -0.00904. The molecule has 0 aromatic carbocycles. The predicted octanol–water partition coefficient (Wildman–Crippen LogP) is 1.72. The van der Waals surface area contributed by atoms with Crippen LogP contribution in [-0.2, 0) is 20.1 Å². The van der Waals surface area contributed by atoms with Gasteiger partial charge in [-0.25, -0.2) is 8.42 Å². The zero-order valence-electron chi connectivity index (χ0n) is 11.6. The van der Waals surface area contributed by atoms with Crippen molar-refractivity contribution in [2.75, 3.05) is 0 Å². The monoisotopic (exact) mass is 362 g/mol. The summed E-state index contributed by atoms with van der Waals surface area (Å²) in [6, 6.07) is 0. The number of halogens is 1. The highest BCUT2D eigenvalue weighted by atomic mass is 35.5. The number of hydrogen-bond donors (Lipinski definition) is 0. The fourth-order valence-corrected chi connectivity index (χ4v) is 5.89. The van der Waals surface area contributed by atoms with E-state index in [0.717, 1.165) is 25.3 Å². The molecule has 120 valence electrons. The molecule has 0 aliphatic heterocycles. The molecule has 9 heteroatoms. The molecule has 1 fully saturated rings. The van der Waals surface area contributed by atoms with Crippen molar-refractivity contribution >= 4 is 41.6 Å². The van der Waals surface area contributed by atoms with Crippen molar-refractivity contribution in [3.63, 3.8) is 0 Å². The zero-order chi connectivity index (χ0) is 16.3. The molecule has 1 atom stereocenters. The molecule has 0 heterocycles. The van der Waals surface area contributed by atoms with Crippen LogP contribution in [0, 0.1) is 5.92 Å². The standard InChI is InChI=1S/C13H15ClN2O4S2/c14-10-6-7-12(11(8-10)21(17)18)22(19,20)13(16-15)9-4-2-1-3-5-9/h6-9,12H,1-5H2. The Morgan fingerprint density at radius 3 is 2.45 bits per heavy atom. The molecule has 1 unspecified atom stereocenters. The average molecular weight is 363 g/mol. The lowest BCUT2D eigenvalue weighted by atomic mass is 9.90.